The van der Waals surface area contributed by atoms with Crippen molar-refractivity contribution in [2.75, 3.05) is 0 Å². The van der Waals surface area contributed by atoms with Gasteiger partial charge in [-0.15, -0.1) is 11.3 Å². The molecule has 3 fully saturated rings. The number of ketones is 1. The summed E-state index contributed by atoms with van der Waals surface area (Å²) in [6.07, 6.45) is 11.0. The molecule has 3 aromatic heterocycles. The van der Waals surface area contributed by atoms with Crippen molar-refractivity contribution in [3.63, 3.8) is 0 Å². The molecule has 15 heteroatoms. The highest BCUT2D eigenvalue weighted by Crippen LogP contribution is 2.47. The van der Waals surface area contributed by atoms with Gasteiger partial charge in [-0.05, 0) is 87.1 Å². The highest BCUT2D eigenvalue weighted by molar-refractivity contribution is 7.91. The maximum Gasteiger partial charge on any atom is 0.259 e. The van der Waals surface area contributed by atoms with Crippen molar-refractivity contribution < 1.29 is 32.3 Å². The third kappa shape index (κ3) is 7.90. The number of benzene rings is 1. The van der Waals surface area contributed by atoms with Crippen LogP contribution in [0.4, 0.5) is 0 Å². The van der Waals surface area contributed by atoms with Gasteiger partial charge in [-0.25, -0.2) is 18.4 Å². The number of nitrogens with zero attached hydrogens (tertiary/aromatic N) is 3. The molecule has 13 nitrogen and oxygen atoms in total. The van der Waals surface area contributed by atoms with Crippen molar-refractivity contribution in [2.45, 2.75) is 87.1 Å². The van der Waals surface area contributed by atoms with E-state index in [1.807, 2.05) is 53.9 Å². The van der Waals surface area contributed by atoms with Crippen molar-refractivity contribution in [2.24, 2.45) is 17.8 Å². The van der Waals surface area contributed by atoms with Gasteiger partial charge in [-0.1, -0.05) is 43.2 Å². The second-order valence-corrected chi connectivity index (χ2v) is 17.9. The van der Waals surface area contributed by atoms with Crippen LogP contribution in [0.5, 0.6) is 5.88 Å². The quantitative estimate of drug-likeness (QED) is 0.208. The molecule has 4 aromatic rings. The molecule has 286 valence electrons. The third-order valence-corrected chi connectivity index (χ3v) is 13.8. The van der Waals surface area contributed by atoms with Gasteiger partial charge in [-0.3, -0.25) is 28.9 Å². The first-order valence-electron chi connectivity index (χ1n) is 18.9. The fourth-order valence-electron chi connectivity index (χ4n) is 7.80. The zero-order valence-corrected chi connectivity index (χ0v) is 31.7. The highest BCUT2D eigenvalue weighted by atomic mass is 32.2. The summed E-state index contributed by atoms with van der Waals surface area (Å²) in [5.74, 6) is -4.01. The largest absolute Gasteiger partial charge is 0.473 e. The number of ether oxygens (including phenoxy) is 1. The second-order valence-electron chi connectivity index (χ2n) is 14.9. The van der Waals surface area contributed by atoms with E-state index in [1.54, 1.807) is 12.1 Å². The number of para-hydroxylation sites is 2. The lowest BCUT2D eigenvalue weighted by Gasteiger charge is -2.26. The van der Waals surface area contributed by atoms with Crippen molar-refractivity contribution in [1.82, 2.24) is 30.3 Å². The number of amides is 3. The molecule has 1 aromatic carbocycles. The maximum atomic E-state index is 14.7. The van der Waals surface area contributed by atoms with Crippen LogP contribution >= 0.6 is 11.3 Å². The Bertz CT molecular complexity index is 2250. The van der Waals surface area contributed by atoms with Crippen molar-refractivity contribution >= 4 is 55.9 Å². The van der Waals surface area contributed by atoms with E-state index in [0.717, 1.165) is 17.7 Å². The second kappa shape index (κ2) is 15.3. The number of thiophene rings is 1. The Morgan fingerprint density at radius 2 is 1.67 bits per heavy atom. The van der Waals surface area contributed by atoms with Gasteiger partial charge in [0.2, 0.25) is 21.8 Å². The van der Waals surface area contributed by atoms with Crippen LogP contribution in [0.25, 0.3) is 21.6 Å². The number of pyridine rings is 1. The summed E-state index contributed by atoms with van der Waals surface area (Å²) in [6, 6.07) is 13.5. The molecule has 3 saturated carbocycles. The Balaban J connectivity index is 1.12. The smallest absolute Gasteiger partial charge is 0.259 e. The first kappa shape index (κ1) is 36.9. The summed E-state index contributed by atoms with van der Waals surface area (Å²) in [6.45, 7) is 0. The van der Waals surface area contributed by atoms with Crippen LogP contribution in [0, 0.1) is 17.8 Å². The van der Waals surface area contributed by atoms with E-state index in [9.17, 15) is 27.6 Å². The Kier molecular flexibility index (Phi) is 10.2. The topological polar surface area (TPSA) is 186 Å². The van der Waals surface area contributed by atoms with Crippen LogP contribution in [-0.4, -0.2) is 69.8 Å². The number of carbonyl (C=O) groups excluding carboxylic acids is 4. The summed E-state index contributed by atoms with van der Waals surface area (Å²) in [4.78, 5) is 71.0. The predicted molar refractivity (Wildman–Crippen MR) is 205 cm³/mol. The van der Waals surface area contributed by atoms with E-state index >= 15 is 0 Å². The van der Waals surface area contributed by atoms with Gasteiger partial charge < -0.3 is 15.4 Å². The van der Waals surface area contributed by atoms with Gasteiger partial charge in [0.25, 0.3) is 11.8 Å². The van der Waals surface area contributed by atoms with Crippen molar-refractivity contribution in [1.29, 1.82) is 0 Å². The number of aromatic nitrogens is 3. The molecule has 2 unspecified atom stereocenters. The third-order valence-electron chi connectivity index (χ3n) is 11.1. The number of allylic oxidation sites excluding steroid dienone is 1. The molecular formula is C40H42N6O7S2. The summed E-state index contributed by atoms with van der Waals surface area (Å²) in [7, 11) is -3.89. The van der Waals surface area contributed by atoms with Gasteiger partial charge in [0.05, 0.1) is 33.1 Å². The van der Waals surface area contributed by atoms with E-state index in [0.29, 0.717) is 54.4 Å². The molecule has 8 rings (SSSR count). The van der Waals surface area contributed by atoms with Crippen LogP contribution in [0.3, 0.4) is 0 Å². The molecule has 3 N–H and O–H groups in total. The lowest BCUT2D eigenvalue weighted by Crippen LogP contribution is -2.54. The van der Waals surface area contributed by atoms with Crippen LogP contribution in [-0.2, 0) is 24.4 Å². The molecule has 4 aliphatic rings. The zero-order valence-electron chi connectivity index (χ0n) is 30.1. The lowest BCUT2D eigenvalue weighted by atomic mass is 9.85. The standard InChI is InChI=1S/C40H42N6O7S2/c47-35-28-21-26(53-38-34(33-13-8-20-54-33)42-30-10-6-7-11-31(30)44-38)22-29(28)37(49)45-40(39(50)46-55(51,52)27-14-15-27)23-25(40)9-4-2-1-3-5-12-32(35)43-36(48)24-16-18-41-19-17-24/h4,6-11,13,16-20,25-29,32H,1-3,5,12,14-15,21-23H2,(H,43,48)(H,45,49)(H,46,50)/b9-4-/t25?,26-,28?,29+,32+,40+/m0/s1. The summed E-state index contributed by atoms with van der Waals surface area (Å²) in [5.41, 5.74) is 0.737. The lowest BCUT2D eigenvalue weighted by molar-refractivity contribution is -0.136. The molecule has 0 bridgehead atoms. The first-order valence-corrected chi connectivity index (χ1v) is 21.3. The summed E-state index contributed by atoms with van der Waals surface area (Å²) in [5, 5.41) is 7.20. The SMILES string of the molecule is O=C(N[C@@H]1CCCCC/C=C\C2C[C@@]2(C(=O)NS(=O)(=O)C2CC2)NC(=O)[C@@H]2C[C@@H](Oc3nc4ccccc4nc3-c3cccs3)CC2C1=O)c1ccncc1. The van der Waals surface area contributed by atoms with Gasteiger partial charge in [0.1, 0.15) is 17.3 Å². The molecule has 0 radical (unpaired) electrons. The fraction of sp³-hybridized carbons (Fsp3) is 0.425. The van der Waals surface area contributed by atoms with E-state index in [-0.39, 0.29) is 30.9 Å². The summed E-state index contributed by atoms with van der Waals surface area (Å²) < 4.78 is 34.6. The number of Topliss-reactive ketones (excluding diaryl/α,β-unsaturated/α-hetero) is 1. The molecular weight excluding hydrogens is 741 g/mol. The van der Waals surface area contributed by atoms with Gasteiger partial charge >= 0.3 is 0 Å². The number of rotatable bonds is 8. The monoisotopic (exact) mass is 782 g/mol. The molecule has 0 saturated heterocycles. The van der Waals surface area contributed by atoms with Crippen LogP contribution in [0.2, 0.25) is 0 Å². The van der Waals surface area contributed by atoms with Crippen molar-refractivity contribution in [3.8, 4) is 16.5 Å². The minimum Gasteiger partial charge on any atom is -0.473 e. The molecule has 0 spiro atoms. The van der Waals surface area contributed by atoms with Gasteiger partial charge in [-0.2, -0.15) is 0 Å². The van der Waals surface area contributed by atoms with Crippen molar-refractivity contribution in [3.05, 3.63) is 84.0 Å². The van der Waals surface area contributed by atoms with Gasteiger partial charge in [0, 0.05) is 29.8 Å². The van der Waals surface area contributed by atoms with Crippen LogP contribution in [0.15, 0.2) is 78.5 Å². The Labute approximate surface area is 322 Å². The summed E-state index contributed by atoms with van der Waals surface area (Å²) >= 11 is 1.49. The highest BCUT2D eigenvalue weighted by Gasteiger charge is 2.62. The van der Waals surface area contributed by atoms with Gasteiger partial charge in [0.15, 0.2) is 5.78 Å². The van der Waals surface area contributed by atoms with Crippen LogP contribution in [0.1, 0.15) is 74.6 Å². The van der Waals surface area contributed by atoms with Crippen LogP contribution < -0.4 is 20.1 Å². The number of hydrogen-bond donors (Lipinski definition) is 3. The fourth-order valence-corrected chi connectivity index (χ4v) is 9.87. The molecule has 1 aliphatic heterocycles. The minimum absolute atomic E-state index is 0.115. The average molecular weight is 783 g/mol. The molecule has 3 aliphatic carbocycles. The predicted octanol–water partition coefficient (Wildman–Crippen LogP) is 4.90. The number of hydrogen-bond acceptors (Lipinski definition) is 11. The Morgan fingerprint density at radius 3 is 2.42 bits per heavy atom. The number of nitrogens with one attached hydrogen (secondary N) is 3. The maximum absolute atomic E-state index is 14.7. The first-order chi connectivity index (χ1) is 26.6. The zero-order chi connectivity index (χ0) is 38.2. The average Bonchev–Trinajstić information content (AvgIpc) is 4.05. The van der Waals surface area contributed by atoms with E-state index in [2.05, 4.69) is 20.3 Å². The molecule has 55 heavy (non-hydrogen) atoms. The number of fused-ring (bicyclic) bond motifs is 3. The Hall–Kier alpha value is -5.02. The molecule has 4 heterocycles. The minimum atomic E-state index is -3.89. The van der Waals surface area contributed by atoms with E-state index in [4.69, 9.17) is 14.7 Å². The van der Waals surface area contributed by atoms with E-state index < -0.39 is 68.4 Å². The van der Waals surface area contributed by atoms with E-state index in [1.165, 1.54) is 23.7 Å². The number of carbonyl (C=O) groups is 4. The molecule has 3 amide bonds. The Morgan fingerprint density at radius 1 is 0.909 bits per heavy atom. The number of sulfonamides is 1. The normalized spacial score (nSPS) is 27.7. The molecule has 6 atom stereocenters.